The van der Waals surface area contributed by atoms with E-state index in [1.54, 1.807) is 24.3 Å². The molecule has 2 aromatic rings. The first-order valence-electron chi connectivity index (χ1n) is 5.11. The van der Waals surface area contributed by atoms with Crippen LogP contribution in [0.2, 0.25) is 10.3 Å². The number of aromatic nitrogens is 2. The molecule has 0 spiro atoms. The van der Waals surface area contributed by atoms with Crippen molar-refractivity contribution in [2.75, 3.05) is 0 Å². The predicted octanol–water partition coefficient (Wildman–Crippen LogP) is 3.27. The van der Waals surface area contributed by atoms with E-state index in [0.717, 1.165) is 6.20 Å². The first-order valence-corrected chi connectivity index (χ1v) is 5.86. The first kappa shape index (κ1) is 13.5. The normalized spacial score (nSPS) is 10.2. The highest BCUT2D eigenvalue weighted by Gasteiger charge is 2.18. The number of halogens is 2. The van der Waals surface area contributed by atoms with Crippen LogP contribution in [0.15, 0.2) is 30.5 Å². The van der Waals surface area contributed by atoms with Crippen LogP contribution in [0.3, 0.4) is 0 Å². The van der Waals surface area contributed by atoms with Gasteiger partial charge in [-0.15, -0.1) is 0 Å². The van der Waals surface area contributed by atoms with Gasteiger partial charge in [0.2, 0.25) is 5.28 Å². The Hall–Kier alpha value is -1.92. The van der Waals surface area contributed by atoms with Crippen LogP contribution in [0, 0.1) is 10.1 Å². The van der Waals surface area contributed by atoms with E-state index in [9.17, 15) is 10.1 Å². The summed E-state index contributed by atoms with van der Waals surface area (Å²) < 4.78 is 5.28. The van der Waals surface area contributed by atoms with Crippen molar-refractivity contribution >= 4 is 28.9 Å². The predicted molar refractivity (Wildman–Crippen MR) is 69.5 cm³/mol. The Bertz CT molecular complexity index is 622. The standard InChI is InChI=1S/C11H7Cl2N3O3/c12-8-4-2-1-3-7(8)6-19-10-9(16(17)18)5-14-11(13)15-10/h1-5H,6H2. The third-order valence-electron chi connectivity index (χ3n) is 2.23. The zero-order valence-corrected chi connectivity index (χ0v) is 10.9. The van der Waals surface area contributed by atoms with Gasteiger partial charge in [-0.3, -0.25) is 10.1 Å². The van der Waals surface area contributed by atoms with E-state index in [1.165, 1.54) is 0 Å². The van der Waals surface area contributed by atoms with Gasteiger partial charge in [-0.05, 0) is 17.7 Å². The topological polar surface area (TPSA) is 78.2 Å². The summed E-state index contributed by atoms with van der Waals surface area (Å²) >= 11 is 11.5. The Morgan fingerprint density at radius 2 is 2.05 bits per heavy atom. The van der Waals surface area contributed by atoms with E-state index >= 15 is 0 Å². The lowest BCUT2D eigenvalue weighted by atomic mass is 10.2. The Morgan fingerprint density at radius 1 is 1.32 bits per heavy atom. The molecular weight excluding hydrogens is 293 g/mol. The molecule has 0 amide bonds. The number of benzene rings is 1. The molecule has 8 heteroatoms. The van der Waals surface area contributed by atoms with Crippen LogP contribution in [-0.4, -0.2) is 14.9 Å². The summed E-state index contributed by atoms with van der Waals surface area (Å²) in [6.45, 7) is 0.0495. The fraction of sp³-hybridized carbons (Fsp3) is 0.0909. The number of ether oxygens (including phenoxy) is 1. The number of nitrogens with zero attached hydrogens (tertiary/aromatic N) is 3. The molecule has 6 nitrogen and oxygen atoms in total. The Morgan fingerprint density at radius 3 is 2.74 bits per heavy atom. The molecule has 2 rings (SSSR count). The second-order valence-corrected chi connectivity index (χ2v) is 4.21. The molecule has 0 saturated heterocycles. The molecule has 0 saturated carbocycles. The molecule has 0 aliphatic rings. The molecule has 0 aliphatic carbocycles. The highest BCUT2D eigenvalue weighted by atomic mass is 35.5. The molecule has 0 atom stereocenters. The maximum atomic E-state index is 10.8. The van der Waals surface area contributed by atoms with Crippen LogP contribution >= 0.6 is 23.2 Å². The Kier molecular flexibility index (Phi) is 4.13. The second kappa shape index (κ2) is 5.81. The minimum atomic E-state index is -0.641. The SMILES string of the molecule is O=[N+]([O-])c1cnc(Cl)nc1OCc1ccccc1Cl. The quantitative estimate of drug-likeness (QED) is 0.492. The van der Waals surface area contributed by atoms with E-state index in [4.69, 9.17) is 27.9 Å². The zero-order valence-electron chi connectivity index (χ0n) is 9.42. The summed E-state index contributed by atoms with van der Waals surface area (Å²) in [7, 11) is 0. The van der Waals surface area contributed by atoms with Crippen LogP contribution < -0.4 is 4.74 Å². The molecule has 0 aliphatic heterocycles. The van der Waals surface area contributed by atoms with E-state index in [1.807, 2.05) is 0 Å². The molecule has 0 N–H and O–H groups in total. The third kappa shape index (κ3) is 3.30. The fourth-order valence-electron chi connectivity index (χ4n) is 1.33. The van der Waals surface area contributed by atoms with Gasteiger partial charge in [0.05, 0.1) is 4.92 Å². The average Bonchev–Trinajstić information content (AvgIpc) is 2.37. The van der Waals surface area contributed by atoms with Gasteiger partial charge in [0.15, 0.2) is 0 Å². The van der Waals surface area contributed by atoms with Gasteiger partial charge in [-0.25, -0.2) is 4.98 Å². The number of nitro groups is 1. The van der Waals surface area contributed by atoms with E-state index in [2.05, 4.69) is 9.97 Å². The maximum absolute atomic E-state index is 10.8. The summed E-state index contributed by atoms with van der Waals surface area (Å²) in [5.41, 5.74) is 0.338. The minimum absolute atomic E-state index is 0.0495. The molecule has 0 radical (unpaired) electrons. The van der Waals surface area contributed by atoms with Crippen molar-refractivity contribution in [3.63, 3.8) is 0 Å². The Balaban J connectivity index is 2.22. The molecule has 19 heavy (non-hydrogen) atoms. The van der Waals surface area contributed by atoms with Crippen LogP contribution in [0.25, 0.3) is 0 Å². The van der Waals surface area contributed by atoms with Gasteiger partial charge in [-0.1, -0.05) is 29.8 Å². The molecule has 1 aromatic heterocycles. The first-order chi connectivity index (χ1) is 9.08. The van der Waals surface area contributed by atoms with Crippen LogP contribution in [0.1, 0.15) is 5.56 Å². The molecule has 0 bridgehead atoms. The maximum Gasteiger partial charge on any atom is 0.349 e. The molecular formula is C11H7Cl2N3O3. The monoisotopic (exact) mass is 299 g/mol. The molecule has 98 valence electrons. The number of hydrogen-bond donors (Lipinski definition) is 0. The zero-order chi connectivity index (χ0) is 13.8. The molecule has 1 aromatic carbocycles. The highest BCUT2D eigenvalue weighted by molar-refractivity contribution is 6.31. The smallest absolute Gasteiger partial charge is 0.349 e. The number of hydrogen-bond acceptors (Lipinski definition) is 5. The summed E-state index contributed by atoms with van der Waals surface area (Å²) in [6, 6.07) is 7.00. The van der Waals surface area contributed by atoms with Gasteiger partial charge in [0, 0.05) is 10.6 Å². The van der Waals surface area contributed by atoms with Crippen molar-refractivity contribution in [1.82, 2.24) is 9.97 Å². The van der Waals surface area contributed by atoms with Crippen molar-refractivity contribution in [2.45, 2.75) is 6.61 Å². The summed E-state index contributed by atoms with van der Waals surface area (Å²) in [5, 5.41) is 11.2. The highest BCUT2D eigenvalue weighted by Crippen LogP contribution is 2.26. The van der Waals surface area contributed by atoms with Crippen molar-refractivity contribution in [3.05, 3.63) is 56.4 Å². The second-order valence-electron chi connectivity index (χ2n) is 3.47. The van der Waals surface area contributed by atoms with Crippen LogP contribution in [0.5, 0.6) is 5.88 Å². The van der Waals surface area contributed by atoms with Crippen molar-refractivity contribution in [3.8, 4) is 5.88 Å². The van der Waals surface area contributed by atoms with E-state index < -0.39 is 4.92 Å². The van der Waals surface area contributed by atoms with Crippen molar-refractivity contribution in [1.29, 1.82) is 0 Å². The summed E-state index contributed by atoms with van der Waals surface area (Å²) in [6.07, 6.45) is 0.997. The summed E-state index contributed by atoms with van der Waals surface area (Å²) in [5.74, 6) is -0.190. The molecule has 0 unspecified atom stereocenters. The largest absolute Gasteiger partial charge is 0.468 e. The van der Waals surface area contributed by atoms with Gasteiger partial charge in [0.25, 0.3) is 5.88 Å². The lowest BCUT2D eigenvalue weighted by Crippen LogP contribution is -2.02. The van der Waals surface area contributed by atoms with Gasteiger partial charge >= 0.3 is 5.69 Å². The fourth-order valence-corrected chi connectivity index (χ4v) is 1.65. The number of rotatable bonds is 4. The van der Waals surface area contributed by atoms with Crippen molar-refractivity contribution in [2.24, 2.45) is 0 Å². The average molecular weight is 300 g/mol. The van der Waals surface area contributed by atoms with Crippen LogP contribution in [0.4, 0.5) is 5.69 Å². The van der Waals surface area contributed by atoms with Crippen molar-refractivity contribution < 1.29 is 9.66 Å². The molecule has 0 fully saturated rings. The van der Waals surface area contributed by atoms with E-state index in [-0.39, 0.29) is 23.5 Å². The molecule has 1 heterocycles. The van der Waals surface area contributed by atoms with Gasteiger partial charge in [0.1, 0.15) is 12.8 Å². The lowest BCUT2D eigenvalue weighted by Gasteiger charge is -2.06. The van der Waals surface area contributed by atoms with Gasteiger partial charge in [-0.2, -0.15) is 4.98 Å². The van der Waals surface area contributed by atoms with E-state index in [0.29, 0.717) is 10.6 Å². The van der Waals surface area contributed by atoms with Crippen LogP contribution in [-0.2, 0) is 6.61 Å². The summed E-state index contributed by atoms with van der Waals surface area (Å²) in [4.78, 5) is 17.4. The lowest BCUT2D eigenvalue weighted by molar-refractivity contribution is -0.386. The minimum Gasteiger partial charge on any atom is -0.468 e. The third-order valence-corrected chi connectivity index (χ3v) is 2.78. The Labute approximate surface area is 118 Å². The van der Waals surface area contributed by atoms with Gasteiger partial charge < -0.3 is 4.74 Å².